The molecule has 0 bridgehead atoms. The van der Waals surface area contributed by atoms with E-state index in [-0.39, 0.29) is 5.92 Å². The van der Waals surface area contributed by atoms with Crippen molar-refractivity contribution in [3.8, 4) is 0 Å². The topological polar surface area (TPSA) is 78.4 Å². The number of rotatable bonds is 5. The molecule has 1 heterocycles. The van der Waals surface area contributed by atoms with Crippen molar-refractivity contribution in [2.75, 3.05) is 0 Å². The SMILES string of the molecule is Cc1ccsc1CNC(=O)NC(C)(C(=O)O)C1CC1. The van der Waals surface area contributed by atoms with Crippen molar-refractivity contribution >= 4 is 23.3 Å². The Labute approximate surface area is 116 Å². The zero-order chi connectivity index (χ0) is 14.0. The molecule has 2 amide bonds. The summed E-state index contributed by atoms with van der Waals surface area (Å²) < 4.78 is 0. The van der Waals surface area contributed by atoms with E-state index in [1.807, 2.05) is 18.4 Å². The normalized spacial score (nSPS) is 17.6. The fraction of sp³-hybridized carbons (Fsp3) is 0.538. The number of carbonyl (C=O) groups is 2. The first-order valence-corrected chi connectivity index (χ1v) is 7.14. The molecule has 5 nitrogen and oxygen atoms in total. The molecule has 1 fully saturated rings. The van der Waals surface area contributed by atoms with E-state index in [1.54, 1.807) is 18.3 Å². The lowest BCUT2D eigenvalue weighted by Crippen LogP contribution is -2.56. The number of aliphatic carboxylic acids is 1. The van der Waals surface area contributed by atoms with Crippen LogP contribution in [-0.2, 0) is 11.3 Å². The summed E-state index contributed by atoms with van der Waals surface area (Å²) in [5.74, 6) is -0.934. The highest BCUT2D eigenvalue weighted by atomic mass is 32.1. The van der Waals surface area contributed by atoms with Gasteiger partial charge < -0.3 is 15.7 Å². The third kappa shape index (κ3) is 3.07. The maximum absolute atomic E-state index is 11.8. The molecule has 1 aromatic rings. The Morgan fingerprint density at radius 2 is 2.21 bits per heavy atom. The van der Waals surface area contributed by atoms with E-state index in [1.165, 1.54) is 0 Å². The van der Waals surface area contributed by atoms with Crippen LogP contribution in [-0.4, -0.2) is 22.6 Å². The van der Waals surface area contributed by atoms with E-state index in [4.69, 9.17) is 0 Å². The number of hydrogen-bond acceptors (Lipinski definition) is 3. The number of urea groups is 1. The molecule has 1 saturated carbocycles. The quantitative estimate of drug-likeness (QED) is 0.774. The second kappa shape index (κ2) is 5.21. The van der Waals surface area contributed by atoms with Crippen LogP contribution in [0.15, 0.2) is 11.4 Å². The number of carboxylic acid groups (broad SMARTS) is 1. The van der Waals surface area contributed by atoms with Gasteiger partial charge in [-0.1, -0.05) is 0 Å². The molecule has 104 valence electrons. The van der Waals surface area contributed by atoms with Crippen LogP contribution in [0.3, 0.4) is 0 Å². The molecule has 1 atom stereocenters. The summed E-state index contributed by atoms with van der Waals surface area (Å²) in [7, 11) is 0. The Morgan fingerprint density at radius 3 is 2.68 bits per heavy atom. The highest BCUT2D eigenvalue weighted by Gasteiger charge is 2.48. The molecule has 2 rings (SSSR count). The summed E-state index contributed by atoms with van der Waals surface area (Å²) in [6, 6.07) is 1.56. The van der Waals surface area contributed by atoms with Gasteiger partial charge >= 0.3 is 12.0 Å². The summed E-state index contributed by atoms with van der Waals surface area (Å²) in [4.78, 5) is 24.2. The molecule has 19 heavy (non-hydrogen) atoms. The highest BCUT2D eigenvalue weighted by molar-refractivity contribution is 7.10. The lowest BCUT2D eigenvalue weighted by molar-refractivity contribution is -0.144. The molecular formula is C13H18N2O3S. The largest absolute Gasteiger partial charge is 0.480 e. The second-order valence-electron chi connectivity index (χ2n) is 5.12. The monoisotopic (exact) mass is 282 g/mol. The van der Waals surface area contributed by atoms with Crippen LogP contribution in [0.4, 0.5) is 4.79 Å². The maximum atomic E-state index is 11.8. The summed E-state index contributed by atoms with van der Waals surface area (Å²) in [5.41, 5.74) is -0.0253. The number of carbonyl (C=O) groups excluding carboxylic acids is 1. The van der Waals surface area contributed by atoms with Crippen LogP contribution in [0, 0.1) is 12.8 Å². The Balaban J connectivity index is 1.90. The van der Waals surface area contributed by atoms with Crippen LogP contribution in [0.1, 0.15) is 30.2 Å². The van der Waals surface area contributed by atoms with Gasteiger partial charge in [-0.25, -0.2) is 9.59 Å². The van der Waals surface area contributed by atoms with Gasteiger partial charge in [0.2, 0.25) is 0 Å². The Hall–Kier alpha value is -1.56. The van der Waals surface area contributed by atoms with E-state index in [9.17, 15) is 14.7 Å². The molecule has 3 N–H and O–H groups in total. The number of aryl methyl sites for hydroxylation is 1. The molecule has 0 saturated heterocycles. The highest BCUT2D eigenvalue weighted by Crippen LogP contribution is 2.39. The smallest absolute Gasteiger partial charge is 0.329 e. The predicted octanol–water partition coefficient (Wildman–Crippen LogP) is 2.11. The van der Waals surface area contributed by atoms with E-state index < -0.39 is 17.5 Å². The van der Waals surface area contributed by atoms with Gasteiger partial charge in [-0.15, -0.1) is 11.3 Å². The molecule has 0 radical (unpaired) electrons. The lowest BCUT2D eigenvalue weighted by Gasteiger charge is -2.26. The average molecular weight is 282 g/mol. The standard InChI is InChI=1S/C13H18N2O3S/c1-8-5-6-19-10(8)7-14-12(18)15-13(2,11(16)17)9-3-4-9/h5-6,9H,3-4,7H2,1-2H3,(H,16,17)(H2,14,15,18). The summed E-state index contributed by atoms with van der Waals surface area (Å²) >= 11 is 1.58. The van der Waals surface area contributed by atoms with Gasteiger partial charge in [0.1, 0.15) is 5.54 Å². The van der Waals surface area contributed by atoms with Gasteiger partial charge in [0.25, 0.3) is 0 Å². The number of amides is 2. The number of nitrogens with one attached hydrogen (secondary N) is 2. The van der Waals surface area contributed by atoms with Gasteiger partial charge in [-0.05, 0) is 49.6 Å². The third-order valence-corrected chi connectivity index (χ3v) is 4.61. The molecule has 6 heteroatoms. The molecule has 1 aliphatic rings. The van der Waals surface area contributed by atoms with E-state index in [0.717, 1.165) is 23.3 Å². The third-order valence-electron chi connectivity index (χ3n) is 3.59. The molecule has 0 aliphatic heterocycles. The Morgan fingerprint density at radius 1 is 1.53 bits per heavy atom. The first-order chi connectivity index (χ1) is 8.93. The molecule has 0 aromatic carbocycles. The Bertz CT molecular complexity index is 496. The lowest BCUT2D eigenvalue weighted by atomic mass is 9.96. The summed E-state index contributed by atoms with van der Waals surface area (Å²) in [5, 5.41) is 16.5. The fourth-order valence-electron chi connectivity index (χ4n) is 2.02. The van der Waals surface area contributed by atoms with Gasteiger partial charge in [-0.2, -0.15) is 0 Å². The van der Waals surface area contributed by atoms with Crippen molar-refractivity contribution in [1.29, 1.82) is 0 Å². The van der Waals surface area contributed by atoms with Crippen molar-refractivity contribution in [1.82, 2.24) is 10.6 Å². The summed E-state index contributed by atoms with van der Waals surface area (Å²) in [6.45, 7) is 3.98. The zero-order valence-corrected chi connectivity index (χ0v) is 11.8. The minimum absolute atomic E-state index is 0.0409. The second-order valence-corrected chi connectivity index (χ2v) is 6.12. The van der Waals surface area contributed by atoms with Crippen molar-refractivity contribution < 1.29 is 14.7 Å². The Kier molecular flexibility index (Phi) is 3.80. The van der Waals surface area contributed by atoms with Gasteiger partial charge in [0.15, 0.2) is 0 Å². The molecule has 1 unspecified atom stereocenters. The van der Waals surface area contributed by atoms with Gasteiger partial charge in [-0.3, -0.25) is 0 Å². The maximum Gasteiger partial charge on any atom is 0.329 e. The molecule has 1 aromatic heterocycles. The molecular weight excluding hydrogens is 264 g/mol. The number of hydrogen-bond donors (Lipinski definition) is 3. The first kappa shape index (κ1) is 13.9. The van der Waals surface area contributed by atoms with E-state index in [0.29, 0.717) is 6.54 Å². The van der Waals surface area contributed by atoms with Crippen LogP contribution < -0.4 is 10.6 Å². The fourth-order valence-corrected chi connectivity index (χ4v) is 2.86. The minimum Gasteiger partial charge on any atom is -0.480 e. The van der Waals surface area contributed by atoms with Crippen LogP contribution in [0.5, 0.6) is 0 Å². The zero-order valence-electron chi connectivity index (χ0n) is 11.0. The van der Waals surface area contributed by atoms with E-state index in [2.05, 4.69) is 10.6 Å². The van der Waals surface area contributed by atoms with Crippen molar-refractivity contribution in [2.45, 2.75) is 38.8 Å². The van der Waals surface area contributed by atoms with Crippen LogP contribution in [0.2, 0.25) is 0 Å². The predicted molar refractivity (Wildman–Crippen MR) is 73.2 cm³/mol. The minimum atomic E-state index is -1.16. The van der Waals surface area contributed by atoms with Crippen LogP contribution in [0.25, 0.3) is 0 Å². The molecule has 0 spiro atoms. The van der Waals surface area contributed by atoms with E-state index >= 15 is 0 Å². The first-order valence-electron chi connectivity index (χ1n) is 6.26. The van der Waals surface area contributed by atoms with Gasteiger partial charge in [0.05, 0.1) is 6.54 Å². The number of thiophene rings is 1. The summed E-state index contributed by atoms with van der Waals surface area (Å²) in [6.07, 6.45) is 1.71. The number of carboxylic acids is 1. The molecule has 1 aliphatic carbocycles. The average Bonchev–Trinajstić information content (AvgIpc) is 3.11. The van der Waals surface area contributed by atoms with Crippen molar-refractivity contribution in [3.05, 3.63) is 21.9 Å². The van der Waals surface area contributed by atoms with Gasteiger partial charge in [0, 0.05) is 4.88 Å². The van der Waals surface area contributed by atoms with Crippen LogP contribution >= 0.6 is 11.3 Å². The van der Waals surface area contributed by atoms with Crippen molar-refractivity contribution in [3.63, 3.8) is 0 Å². The van der Waals surface area contributed by atoms with Crippen molar-refractivity contribution in [2.24, 2.45) is 5.92 Å².